The molecule has 0 spiro atoms. The van der Waals surface area contributed by atoms with E-state index in [9.17, 15) is 14.7 Å². The molecule has 0 saturated carbocycles. The van der Waals surface area contributed by atoms with Crippen molar-refractivity contribution < 1.29 is 37.4 Å². The van der Waals surface area contributed by atoms with E-state index in [1.807, 2.05) is 27.0 Å². The summed E-state index contributed by atoms with van der Waals surface area (Å²) < 4.78 is 26.0. The fourth-order valence-corrected chi connectivity index (χ4v) is 3.75. The Morgan fingerprint density at radius 1 is 1.14 bits per heavy atom. The number of amides is 1. The summed E-state index contributed by atoms with van der Waals surface area (Å²) >= 11 is 1.38. The molecule has 0 saturated heterocycles. The number of hydrogen-bond donors (Lipinski definition) is 2. The van der Waals surface area contributed by atoms with E-state index in [0.29, 0.717) is 19.1 Å². The van der Waals surface area contributed by atoms with Crippen LogP contribution in [0.4, 0.5) is 0 Å². The van der Waals surface area contributed by atoms with Crippen LogP contribution >= 0.6 is 11.8 Å². The number of aliphatic hydroxyl groups excluding tert-OH is 1. The van der Waals surface area contributed by atoms with Crippen LogP contribution < -0.4 is 5.73 Å². The monoisotopic (exact) mass is 457 g/mol. The number of rotatable bonds is 15. The lowest BCUT2D eigenvalue weighted by molar-refractivity contribution is -0.144. The van der Waals surface area contributed by atoms with Crippen molar-refractivity contribution in [3.63, 3.8) is 0 Å². The molecule has 1 unspecified atom stereocenters. The zero-order valence-electron chi connectivity index (χ0n) is 18.8. The predicted octanol–water partition coefficient (Wildman–Crippen LogP) is 1.45. The van der Waals surface area contributed by atoms with Gasteiger partial charge in [0.15, 0.2) is 0 Å². The number of ether oxygens (including phenoxy) is 2. The molecule has 0 aliphatic rings. The van der Waals surface area contributed by atoms with E-state index >= 15 is 0 Å². The van der Waals surface area contributed by atoms with Gasteiger partial charge in [-0.25, -0.2) is 0 Å². The van der Waals surface area contributed by atoms with Gasteiger partial charge < -0.3 is 33.6 Å². The van der Waals surface area contributed by atoms with Gasteiger partial charge in [-0.05, 0) is 19.1 Å². The Hall–Kier alpha value is -0.693. The van der Waals surface area contributed by atoms with E-state index in [2.05, 4.69) is 0 Å². The van der Waals surface area contributed by atoms with Crippen molar-refractivity contribution in [2.24, 2.45) is 11.1 Å². The highest BCUT2D eigenvalue weighted by Crippen LogP contribution is 2.17. The largest absolute Gasteiger partial charge is 0.500 e. The second-order valence-electron chi connectivity index (χ2n) is 6.85. The maximum atomic E-state index is 11.1. The first-order valence-electron chi connectivity index (χ1n) is 9.39. The molecule has 11 heteroatoms. The summed E-state index contributed by atoms with van der Waals surface area (Å²) in [5.74, 6) is -0.275. The molecular formula is C18H39NO8SSi. The molecule has 9 nitrogen and oxygen atoms in total. The van der Waals surface area contributed by atoms with Crippen LogP contribution in [0, 0.1) is 5.41 Å². The van der Waals surface area contributed by atoms with E-state index in [1.165, 1.54) is 11.8 Å². The van der Waals surface area contributed by atoms with Crippen LogP contribution in [0.5, 0.6) is 0 Å². The number of esters is 1. The van der Waals surface area contributed by atoms with Gasteiger partial charge in [0.1, 0.15) is 12.7 Å². The molecule has 0 heterocycles. The second kappa shape index (κ2) is 17.0. The summed E-state index contributed by atoms with van der Waals surface area (Å²) in [5.41, 5.74) is 4.72. The topological polar surface area (TPSA) is 127 Å². The van der Waals surface area contributed by atoms with Gasteiger partial charge in [0.2, 0.25) is 5.91 Å². The van der Waals surface area contributed by atoms with Gasteiger partial charge in [0, 0.05) is 39.4 Å². The van der Waals surface area contributed by atoms with Gasteiger partial charge >= 0.3 is 14.8 Å². The van der Waals surface area contributed by atoms with E-state index in [4.69, 9.17) is 28.5 Å². The number of aliphatic hydroxyl groups is 1. The quantitative estimate of drug-likeness (QED) is 0.213. The molecule has 0 aliphatic heterocycles. The van der Waals surface area contributed by atoms with Crippen LogP contribution in [-0.2, 0) is 32.3 Å². The third-order valence-electron chi connectivity index (χ3n) is 4.26. The Balaban J connectivity index is 0. The zero-order valence-corrected chi connectivity index (χ0v) is 20.6. The average Bonchev–Trinajstić information content (AvgIpc) is 2.70. The molecule has 0 radical (unpaired) electrons. The predicted molar refractivity (Wildman–Crippen MR) is 116 cm³/mol. The number of primary amides is 1. The van der Waals surface area contributed by atoms with Crippen LogP contribution in [0.25, 0.3) is 0 Å². The third kappa shape index (κ3) is 14.9. The van der Waals surface area contributed by atoms with Crippen LogP contribution in [0.3, 0.4) is 0 Å². The number of carbonyl (C=O) groups excluding carboxylic acids is 2. The molecule has 0 fully saturated rings. The van der Waals surface area contributed by atoms with Crippen molar-refractivity contribution in [2.45, 2.75) is 45.8 Å². The summed E-state index contributed by atoms with van der Waals surface area (Å²) in [7, 11) is 2.14. The lowest BCUT2D eigenvalue weighted by Crippen LogP contribution is -2.42. The number of carbonyl (C=O) groups is 2. The smallest absolute Gasteiger partial charge is 0.462 e. The van der Waals surface area contributed by atoms with Gasteiger partial charge in [-0.15, -0.1) is 0 Å². The van der Waals surface area contributed by atoms with Crippen LogP contribution in [0.1, 0.15) is 33.6 Å². The van der Waals surface area contributed by atoms with Crippen molar-refractivity contribution in [1.82, 2.24) is 0 Å². The molecule has 0 aromatic rings. The molecule has 0 aromatic carbocycles. The first-order valence-corrected chi connectivity index (χ1v) is 12.7. The zero-order chi connectivity index (χ0) is 22.9. The van der Waals surface area contributed by atoms with E-state index < -0.39 is 14.9 Å². The summed E-state index contributed by atoms with van der Waals surface area (Å²) in [6.45, 7) is 6.15. The summed E-state index contributed by atoms with van der Waals surface area (Å²) in [4.78, 5) is 21.6. The molecular weight excluding hydrogens is 418 g/mol. The molecule has 0 aromatic heterocycles. The molecule has 0 bridgehead atoms. The molecule has 0 rings (SSSR count). The van der Waals surface area contributed by atoms with Gasteiger partial charge in [-0.3, -0.25) is 9.59 Å². The van der Waals surface area contributed by atoms with Crippen LogP contribution in [-0.4, -0.2) is 85.1 Å². The van der Waals surface area contributed by atoms with Gasteiger partial charge in [0.25, 0.3) is 0 Å². The summed E-state index contributed by atoms with van der Waals surface area (Å²) in [6.07, 6.45) is 2.50. The lowest BCUT2D eigenvalue weighted by Gasteiger charge is -2.24. The average molecular weight is 458 g/mol. The van der Waals surface area contributed by atoms with E-state index in [0.717, 1.165) is 6.42 Å². The van der Waals surface area contributed by atoms with Crippen LogP contribution in [0.15, 0.2) is 0 Å². The Morgan fingerprint density at radius 3 is 2.07 bits per heavy atom. The molecule has 1 amide bonds. The fourth-order valence-electron chi connectivity index (χ4n) is 1.74. The Kier molecular flexibility index (Phi) is 17.9. The maximum Gasteiger partial charge on any atom is 0.500 e. The third-order valence-corrected chi connectivity index (χ3v) is 7.62. The van der Waals surface area contributed by atoms with Crippen molar-refractivity contribution in [3.05, 3.63) is 0 Å². The summed E-state index contributed by atoms with van der Waals surface area (Å²) in [5, 5.41) is 9.59. The van der Waals surface area contributed by atoms with Crippen molar-refractivity contribution in [2.75, 3.05) is 53.2 Å². The Labute approximate surface area is 180 Å². The highest BCUT2D eigenvalue weighted by Gasteiger charge is 2.36. The van der Waals surface area contributed by atoms with Gasteiger partial charge in [-0.1, -0.05) is 20.8 Å². The van der Waals surface area contributed by atoms with Gasteiger partial charge in [0.05, 0.1) is 12.4 Å². The molecule has 3 N–H and O–H groups in total. The SMILES string of the molecule is CCC(C)(C)C(N)=O.CO[Si](CCCOCC(O)COC(=O)CSC)(OC)OC. The minimum Gasteiger partial charge on any atom is -0.462 e. The number of thioether (sulfide) groups is 1. The fraction of sp³-hybridized carbons (Fsp3) is 0.889. The minimum atomic E-state index is -2.55. The normalized spacial score (nSPS) is 12.7. The molecule has 174 valence electrons. The van der Waals surface area contributed by atoms with Crippen molar-refractivity contribution >= 4 is 32.4 Å². The van der Waals surface area contributed by atoms with Crippen LogP contribution in [0.2, 0.25) is 6.04 Å². The Morgan fingerprint density at radius 2 is 1.69 bits per heavy atom. The van der Waals surface area contributed by atoms with Gasteiger partial charge in [-0.2, -0.15) is 11.8 Å². The van der Waals surface area contributed by atoms with Crippen molar-refractivity contribution in [1.29, 1.82) is 0 Å². The van der Waals surface area contributed by atoms with E-state index in [1.54, 1.807) is 21.3 Å². The molecule has 29 heavy (non-hydrogen) atoms. The first-order chi connectivity index (χ1) is 13.5. The molecule has 0 aliphatic carbocycles. The second-order valence-corrected chi connectivity index (χ2v) is 10.8. The highest BCUT2D eigenvalue weighted by molar-refractivity contribution is 7.99. The summed E-state index contributed by atoms with van der Waals surface area (Å²) in [6, 6.07) is 0.634. The minimum absolute atomic E-state index is 0.0493. The number of hydrogen-bond acceptors (Lipinski definition) is 9. The molecule has 1 atom stereocenters. The highest BCUT2D eigenvalue weighted by atomic mass is 32.2. The first kappa shape index (κ1) is 30.5. The van der Waals surface area contributed by atoms with Crippen molar-refractivity contribution in [3.8, 4) is 0 Å². The standard InChI is InChI=1S/C12H26O7SSi.C6H13NO/c1-15-21(16-2,17-3)7-5-6-18-8-11(13)9-19-12(14)10-20-4;1-4-6(2,3)5(7)8/h11,13H,5-10H2,1-4H3;4H2,1-3H3,(H2,7,8). The number of nitrogens with two attached hydrogens (primary N) is 1. The maximum absolute atomic E-state index is 11.1. The Bertz CT molecular complexity index is 441. The van der Waals surface area contributed by atoms with E-state index in [-0.39, 0.29) is 36.3 Å². The lowest BCUT2D eigenvalue weighted by atomic mass is 9.90.